The summed E-state index contributed by atoms with van der Waals surface area (Å²) in [6.45, 7) is 3.12. The molecule has 1 aromatic heterocycles. The number of aromatic nitrogens is 1. The van der Waals surface area contributed by atoms with Crippen LogP contribution in [0.5, 0.6) is 0 Å². The minimum atomic E-state index is -4.44. The van der Waals surface area contributed by atoms with Gasteiger partial charge >= 0.3 is 12.2 Å². The van der Waals surface area contributed by atoms with Crippen LogP contribution in [0.15, 0.2) is 36.4 Å². The lowest BCUT2D eigenvalue weighted by atomic mass is 9.85. The second-order valence-corrected chi connectivity index (χ2v) is 8.11. The molecule has 9 heteroatoms. The van der Waals surface area contributed by atoms with E-state index in [2.05, 4.69) is 5.32 Å². The number of aryl methyl sites for hydroxylation is 1. The SMILES string of the molecule is CCCCC1(c2ccccc2)NC(=O)N(CC(=O)c2cc(C)n(CC(F)(F)F)c2C)C1=O. The molecule has 1 fully saturated rings. The van der Waals surface area contributed by atoms with Gasteiger partial charge in [0.15, 0.2) is 5.78 Å². The molecule has 1 aromatic carbocycles. The zero-order valence-electron chi connectivity index (χ0n) is 18.3. The molecule has 3 amide bonds. The molecule has 172 valence electrons. The van der Waals surface area contributed by atoms with Gasteiger partial charge in [0.05, 0.1) is 6.54 Å². The first kappa shape index (κ1) is 23.6. The molecule has 32 heavy (non-hydrogen) atoms. The number of carbonyl (C=O) groups excluding carboxylic acids is 3. The average molecular weight is 449 g/mol. The van der Waals surface area contributed by atoms with Crippen LogP contribution < -0.4 is 5.32 Å². The van der Waals surface area contributed by atoms with Crippen LogP contribution in [0, 0.1) is 13.8 Å². The molecule has 0 radical (unpaired) electrons. The van der Waals surface area contributed by atoms with Crippen molar-refractivity contribution in [2.45, 2.75) is 58.3 Å². The number of amides is 3. The lowest BCUT2D eigenvalue weighted by Crippen LogP contribution is -2.44. The predicted octanol–water partition coefficient (Wildman–Crippen LogP) is 4.49. The molecule has 1 N–H and O–H groups in total. The number of imide groups is 1. The van der Waals surface area contributed by atoms with Crippen LogP contribution in [-0.2, 0) is 16.9 Å². The second-order valence-electron chi connectivity index (χ2n) is 8.11. The van der Waals surface area contributed by atoms with Crippen molar-refractivity contribution in [3.63, 3.8) is 0 Å². The first-order chi connectivity index (χ1) is 15.0. The van der Waals surface area contributed by atoms with Crippen LogP contribution in [-0.4, -0.2) is 39.9 Å². The van der Waals surface area contributed by atoms with E-state index < -0.39 is 42.5 Å². The Labute approximate surface area is 184 Å². The molecule has 0 saturated carbocycles. The number of urea groups is 1. The molecule has 0 bridgehead atoms. The van der Waals surface area contributed by atoms with Gasteiger partial charge in [-0.1, -0.05) is 50.1 Å². The van der Waals surface area contributed by atoms with Gasteiger partial charge in [-0.3, -0.25) is 14.5 Å². The summed E-state index contributed by atoms with van der Waals surface area (Å²) < 4.78 is 39.6. The van der Waals surface area contributed by atoms with Gasteiger partial charge in [-0.05, 0) is 31.9 Å². The number of carbonyl (C=O) groups is 3. The van der Waals surface area contributed by atoms with Crippen LogP contribution >= 0.6 is 0 Å². The Hall–Kier alpha value is -3.10. The van der Waals surface area contributed by atoms with Gasteiger partial charge in [-0.25, -0.2) is 4.79 Å². The van der Waals surface area contributed by atoms with E-state index in [1.165, 1.54) is 19.9 Å². The number of hydrogen-bond donors (Lipinski definition) is 1. The maximum absolute atomic E-state index is 13.4. The Morgan fingerprint density at radius 3 is 2.38 bits per heavy atom. The highest BCUT2D eigenvalue weighted by molar-refractivity contribution is 6.11. The summed E-state index contributed by atoms with van der Waals surface area (Å²) in [6, 6.07) is 9.53. The van der Waals surface area contributed by atoms with E-state index in [4.69, 9.17) is 0 Å². The molecule has 0 aliphatic carbocycles. The maximum Gasteiger partial charge on any atom is 0.406 e. The van der Waals surface area contributed by atoms with E-state index in [1.54, 1.807) is 30.3 Å². The number of unbranched alkanes of at least 4 members (excludes halogenated alkanes) is 1. The number of hydrogen-bond acceptors (Lipinski definition) is 3. The molecule has 1 unspecified atom stereocenters. The number of ketones is 1. The van der Waals surface area contributed by atoms with Gasteiger partial charge in [0.25, 0.3) is 5.91 Å². The third-order valence-corrected chi connectivity index (χ3v) is 5.86. The fourth-order valence-corrected chi connectivity index (χ4v) is 4.18. The predicted molar refractivity (Wildman–Crippen MR) is 112 cm³/mol. The standard InChI is InChI=1S/C23H26F3N3O3/c1-4-5-11-22(17-9-7-6-8-10-17)20(31)28(21(32)27-22)13-19(30)18-12-15(2)29(16(18)3)14-23(24,25)26/h6-10,12H,4-5,11,13-14H2,1-3H3,(H,27,32). The molecular formula is C23H26F3N3O3. The smallest absolute Gasteiger partial charge is 0.339 e. The number of alkyl halides is 3. The zero-order chi connectivity index (χ0) is 23.7. The van der Waals surface area contributed by atoms with Crippen molar-refractivity contribution < 1.29 is 27.6 Å². The summed E-state index contributed by atoms with van der Waals surface area (Å²) in [5, 5.41) is 2.77. The maximum atomic E-state index is 13.4. The Balaban J connectivity index is 1.88. The Morgan fingerprint density at radius 1 is 1.12 bits per heavy atom. The topological polar surface area (TPSA) is 71.4 Å². The number of nitrogens with zero attached hydrogens (tertiary/aromatic N) is 2. The van der Waals surface area contributed by atoms with Crippen LogP contribution in [0.2, 0.25) is 0 Å². The highest BCUT2D eigenvalue weighted by Crippen LogP contribution is 2.34. The van der Waals surface area contributed by atoms with E-state index in [0.29, 0.717) is 18.4 Å². The largest absolute Gasteiger partial charge is 0.406 e. The summed E-state index contributed by atoms with van der Waals surface area (Å²) in [5.74, 6) is -1.12. The van der Waals surface area contributed by atoms with Crippen molar-refractivity contribution in [1.82, 2.24) is 14.8 Å². The van der Waals surface area contributed by atoms with Gasteiger partial charge in [-0.15, -0.1) is 0 Å². The first-order valence-electron chi connectivity index (χ1n) is 10.5. The van der Waals surface area contributed by atoms with Crippen molar-refractivity contribution in [3.8, 4) is 0 Å². The van der Waals surface area contributed by atoms with Crippen molar-refractivity contribution in [3.05, 3.63) is 58.9 Å². The number of halogens is 3. The zero-order valence-corrected chi connectivity index (χ0v) is 18.3. The van der Waals surface area contributed by atoms with Crippen molar-refractivity contribution in [2.24, 2.45) is 0 Å². The molecule has 1 aliphatic heterocycles. The number of nitrogens with one attached hydrogen (secondary N) is 1. The molecule has 6 nitrogen and oxygen atoms in total. The average Bonchev–Trinajstić information content (AvgIpc) is 3.14. The van der Waals surface area contributed by atoms with Gasteiger partial charge in [-0.2, -0.15) is 13.2 Å². The second kappa shape index (κ2) is 8.80. The Morgan fingerprint density at radius 2 is 1.78 bits per heavy atom. The van der Waals surface area contributed by atoms with E-state index in [9.17, 15) is 27.6 Å². The molecular weight excluding hydrogens is 423 g/mol. The number of benzene rings is 1. The van der Waals surface area contributed by atoms with Crippen LogP contribution in [0.3, 0.4) is 0 Å². The summed E-state index contributed by atoms with van der Waals surface area (Å²) >= 11 is 0. The van der Waals surface area contributed by atoms with E-state index in [-0.39, 0.29) is 17.0 Å². The van der Waals surface area contributed by atoms with E-state index in [0.717, 1.165) is 15.9 Å². The molecule has 3 rings (SSSR count). The Kier molecular flexibility index (Phi) is 6.48. The number of Topliss-reactive ketones (excluding diaryl/α,β-unsaturated/α-hetero) is 1. The number of rotatable bonds is 8. The molecule has 1 saturated heterocycles. The van der Waals surface area contributed by atoms with Crippen LogP contribution in [0.4, 0.5) is 18.0 Å². The molecule has 1 atom stereocenters. The monoisotopic (exact) mass is 449 g/mol. The minimum absolute atomic E-state index is 0.0677. The summed E-state index contributed by atoms with van der Waals surface area (Å²) in [7, 11) is 0. The lowest BCUT2D eigenvalue weighted by molar-refractivity contribution is -0.141. The molecule has 0 spiro atoms. The normalized spacial score (nSPS) is 18.9. The fraction of sp³-hybridized carbons (Fsp3) is 0.435. The third kappa shape index (κ3) is 4.42. The highest BCUT2D eigenvalue weighted by Gasteiger charge is 2.52. The Bertz CT molecular complexity index is 1030. The van der Waals surface area contributed by atoms with Crippen molar-refractivity contribution >= 4 is 17.7 Å². The third-order valence-electron chi connectivity index (χ3n) is 5.86. The van der Waals surface area contributed by atoms with Crippen LogP contribution in [0.25, 0.3) is 0 Å². The summed E-state index contributed by atoms with van der Waals surface area (Å²) in [5.41, 5.74) is -0.135. The van der Waals surface area contributed by atoms with E-state index >= 15 is 0 Å². The van der Waals surface area contributed by atoms with Gasteiger partial charge < -0.3 is 9.88 Å². The quantitative estimate of drug-likeness (QED) is 0.477. The van der Waals surface area contributed by atoms with Gasteiger partial charge in [0.1, 0.15) is 12.1 Å². The molecule has 2 heterocycles. The van der Waals surface area contributed by atoms with Crippen molar-refractivity contribution in [1.29, 1.82) is 0 Å². The van der Waals surface area contributed by atoms with Gasteiger partial charge in [0.2, 0.25) is 0 Å². The lowest BCUT2D eigenvalue weighted by Gasteiger charge is -2.27. The molecule has 2 aromatic rings. The summed E-state index contributed by atoms with van der Waals surface area (Å²) in [4.78, 5) is 39.9. The highest BCUT2D eigenvalue weighted by atomic mass is 19.4. The van der Waals surface area contributed by atoms with E-state index in [1.807, 2.05) is 6.92 Å². The minimum Gasteiger partial charge on any atom is -0.339 e. The first-order valence-corrected chi connectivity index (χ1v) is 10.5. The molecule has 1 aliphatic rings. The van der Waals surface area contributed by atoms with Crippen LogP contribution in [0.1, 0.15) is 53.5 Å². The van der Waals surface area contributed by atoms with Crippen molar-refractivity contribution in [2.75, 3.05) is 6.54 Å². The fourth-order valence-electron chi connectivity index (χ4n) is 4.18. The van der Waals surface area contributed by atoms with Gasteiger partial charge in [0, 0.05) is 17.0 Å². The summed E-state index contributed by atoms with van der Waals surface area (Å²) in [6.07, 6.45) is -2.57.